The smallest absolute Gasteiger partial charge is 0.306 e. The van der Waals surface area contributed by atoms with E-state index in [9.17, 15) is 18.0 Å². The largest absolute Gasteiger partial charge is 0.481 e. The fourth-order valence-corrected chi connectivity index (χ4v) is 4.35. The van der Waals surface area contributed by atoms with E-state index in [2.05, 4.69) is 20.2 Å². The molecular formula is C10H14N4O5S2. The van der Waals surface area contributed by atoms with Gasteiger partial charge < -0.3 is 10.4 Å². The lowest BCUT2D eigenvalue weighted by atomic mass is 10.1. The molecule has 3 N–H and O–H groups in total. The van der Waals surface area contributed by atoms with Gasteiger partial charge in [0.1, 0.15) is 0 Å². The third kappa shape index (κ3) is 3.95. The molecule has 1 aliphatic rings. The van der Waals surface area contributed by atoms with Gasteiger partial charge in [-0.1, -0.05) is 11.3 Å². The zero-order chi connectivity index (χ0) is 15.6. The Labute approximate surface area is 124 Å². The number of carboxylic acid groups (broad SMARTS) is 1. The second-order valence-corrected chi connectivity index (χ2v) is 7.59. The molecule has 1 amide bonds. The Morgan fingerprint density at radius 1 is 1.33 bits per heavy atom. The molecular weight excluding hydrogens is 320 g/mol. The number of carbonyl (C=O) groups excluding carboxylic acids is 1. The number of aliphatic carboxylic acids is 1. The first kappa shape index (κ1) is 15.8. The Morgan fingerprint density at radius 3 is 2.62 bits per heavy atom. The van der Waals surface area contributed by atoms with Crippen LogP contribution in [0.5, 0.6) is 0 Å². The van der Waals surface area contributed by atoms with Crippen molar-refractivity contribution in [2.45, 2.75) is 36.6 Å². The summed E-state index contributed by atoms with van der Waals surface area (Å²) in [5.74, 6) is -1.81. The number of sulfonamides is 1. The molecule has 1 aromatic rings. The quantitative estimate of drug-likeness (QED) is 0.645. The predicted octanol–water partition coefficient (Wildman–Crippen LogP) is 0.0281. The van der Waals surface area contributed by atoms with Gasteiger partial charge in [0.05, 0.1) is 5.92 Å². The van der Waals surface area contributed by atoms with E-state index in [0.29, 0.717) is 12.8 Å². The average Bonchev–Trinajstić information content (AvgIpc) is 2.97. The highest BCUT2D eigenvalue weighted by atomic mass is 32.2. The fraction of sp³-hybridized carbons (Fsp3) is 0.600. The summed E-state index contributed by atoms with van der Waals surface area (Å²) in [5, 5.41) is 18.4. The molecule has 1 saturated carbocycles. The maximum absolute atomic E-state index is 12.1. The number of hydrogen-bond acceptors (Lipinski definition) is 7. The lowest BCUT2D eigenvalue weighted by Crippen LogP contribution is -2.33. The molecule has 21 heavy (non-hydrogen) atoms. The molecule has 0 bridgehead atoms. The van der Waals surface area contributed by atoms with E-state index < -0.39 is 28.0 Å². The van der Waals surface area contributed by atoms with Crippen molar-refractivity contribution in [3.05, 3.63) is 0 Å². The minimum Gasteiger partial charge on any atom is -0.481 e. The molecule has 11 heteroatoms. The predicted molar refractivity (Wildman–Crippen MR) is 73.3 cm³/mol. The van der Waals surface area contributed by atoms with Gasteiger partial charge in [0, 0.05) is 13.0 Å². The zero-order valence-electron chi connectivity index (χ0n) is 11.1. The van der Waals surface area contributed by atoms with Gasteiger partial charge in [-0.2, -0.15) is 0 Å². The average molecular weight is 334 g/mol. The summed E-state index contributed by atoms with van der Waals surface area (Å²) in [5.41, 5.74) is 0. The van der Waals surface area contributed by atoms with Crippen LogP contribution in [-0.2, 0) is 19.6 Å². The molecule has 0 aromatic carbocycles. The summed E-state index contributed by atoms with van der Waals surface area (Å²) in [6.45, 7) is 1.28. The van der Waals surface area contributed by atoms with E-state index in [4.69, 9.17) is 5.11 Å². The molecule has 1 aliphatic carbocycles. The lowest BCUT2D eigenvalue weighted by Gasteiger charge is -2.10. The van der Waals surface area contributed by atoms with E-state index in [1.165, 1.54) is 6.92 Å². The molecule has 0 spiro atoms. The van der Waals surface area contributed by atoms with Crippen LogP contribution in [0.25, 0.3) is 0 Å². The molecule has 0 unspecified atom stereocenters. The highest BCUT2D eigenvalue weighted by Gasteiger charge is 2.33. The van der Waals surface area contributed by atoms with Crippen LogP contribution in [0, 0.1) is 5.92 Å². The Morgan fingerprint density at radius 2 is 2.05 bits per heavy atom. The Hall–Kier alpha value is -1.59. The summed E-state index contributed by atoms with van der Waals surface area (Å²) in [6, 6.07) is -0.427. The molecule has 0 aliphatic heterocycles. The molecule has 0 radical (unpaired) electrons. The number of carbonyl (C=O) groups is 2. The minimum absolute atomic E-state index is 0.0951. The van der Waals surface area contributed by atoms with E-state index in [0.717, 1.165) is 11.3 Å². The second kappa shape index (κ2) is 6.03. The van der Waals surface area contributed by atoms with Crippen LogP contribution in [-0.4, -0.2) is 41.6 Å². The summed E-state index contributed by atoms with van der Waals surface area (Å²) < 4.78 is 26.4. The first-order valence-corrected chi connectivity index (χ1v) is 8.44. The van der Waals surface area contributed by atoms with Crippen LogP contribution in [0.2, 0.25) is 0 Å². The highest BCUT2D eigenvalue weighted by Crippen LogP contribution is 2.28. The molecule has 9 nitrogen and oxygen atoms in total. The Bertz CT molecular complexity index is 656. The molecule has 0 saturated heterocycles. The number of aromatic nitrogens is 2. The van der Waals surface area contributed by atoms with Gasteiger partial charge in [-0.3, -0.25) is 9.59 Å². The number of amides is 1. The number of nitrogens with zero attached hydrogens (tertiary/aromatic N) is 2. The van der Waals surface area contributed by atoms with E-state index >= 15 is 0 Å². The van der Waals surface area contributed by atoms with Crippen molar-refractivity contribution in [1.82, 2.24) is 14.9 Å². The molecule has 1 fully saturated rings. The minimum atomic E-state index is -3.86. The first-order chi connectivity index (χ1) is 9.78. The van der Waals surface area contributed by atoms with Crippen LogP contribution in [0.15, 0.2) is 4.34 Å². The maximum Gasteiger partial charge on any atom is 0.306 e. The fourth-order valence-electron chi connectivity index (χ4n) is 2.10. The van der Waals surface area contributed by atoms with Crippen LogP contribution >= 0.6 is 11.3 Å². The van der Waals surface area contributed by atoms with Gasteiger partial charge in [-0.15, -0.1) is 10.2 Å². The van der Waals surface area contributed by atoms with Gasteiger partial charge >= 0.3 is 5.97 Å². The molecule has 116 valence electrons. The Balaban J connectivity index is 2.03. The Kier molecular flexibility index (Phi) is 4.54. The number of rotatable bonds is 5. The van der Waals surface area contributed by atoms with Crippen LogP contribution in [0.4, 0.5) is 5.13 Å². The number of anilines is 1. The third-order valence-electron chi connectivity index (χ3n) is 3.02. The number of hydrogen-bond donors (Lipinski definition) is 3. The van der Waals surface area contributed by atoms with Crippen LogP contribution in [0.1, 0.15) is 26.2 Å². The molecule has 2 atom stereocenters. The highest BCUT2D eigenvalue weighted by molar-refractivity contribution is 7.91. The first-order valence-electron chi connectivity index (χ1n) is 6.14. The van der Waals surface area contributed by atoms with Crippen molar-refractivity contribution in [2.75, 3.05) is 5.32 Å². The van der Waals surface area contributed by atoms with E-state index in [1.54, 1.807) is 0 Å². The summed E-state index contributed by atoms with van der Waals surface area (Å²) in [4.78, 5) is 21.7. The van der Waals surface area contributed by atoms with Crippen molar-refractivity contribution in [1.29, 1.82) is 0 Å². The van der Waals surface area contributed by atoms with E-state index in [1.807, 2.05) is 0 Å². The number of nitrogens with one attached hydrogen (secondary N) is 2. The monoisotopic (exact) mass is 334 g/mol. The van der Waals surface area contributed by atoms with Gasteiger partial charge in [0.15, 0.2) is 0 Å². The molecule has 2 rings (SSSR count). The van der Waals surface area contributed by atoms with Crippen molar-refractivity contribution in [3.8, 4) is 0 Å². The summed E-state index contributed by atoms with van der Waals surface area (Å²) in [7, 11) is -3.86. The van der Waals surface area contributed by atoms with E-state index in [-0.39, 0.29) is 21.8 Å². The standard InChI is InChI=1S/C10H14N4O5S2/c1-5(15)11-9-12-13-10(20-9)21(18,19)14-7-3-2-6(4-7)8(16)17/h6-7,14H,2-4H2,1H3,(H,16,17)(H,11,12,15)/t6-,7+/m1/s1. The molecule has 1 heterocycles. The van der Waals surface area contributed by atoms with Gasteiger partial charge in [0.25, 0.3) is 10.0 Å². The van der Waals surface area contributed by atoms with Gasteiger partial charge in [-0.25, -0.2) is 13.1 Å². The number of carboxylic acids is 1. The van der Waals surface area contributed by atoms with Crippen LogP contribution in [0.3, 0.4) is 0 Å². The normalized spacial score (nSPS) is 22.1. The summed E-state index contributed by atoms with van der Waals surface area (Å²) >= 11 is 0.738. The van der Waals surface area contributed by atoms with Crippen LogP contribution < -0.4 is 10.0 Å². The van der Waals surface area contributed by atoms with Gasteiger partial charge in [-0.05, 0) is 19.3 Å². The van der Waals surface area contributed by atoms with Crippen molar-refractivity contribution in [3.63, 3.8) is 0 Å². The SMILES string of the molecule is CC(=O)Nc1nnc(S(=O)(=O)N[C@H]2CC[C@@H](C(=O)O)C2)s1. The lowest BCUT2D eigenvalue weighted by molar-refractivity contribution is -0.141. The van der Waals surface area contributed by atoms with Crippen molar-refractivity contribution in [2.24, 2.45) is 5.92 Å². The van der Waals surface area contributed by atoms with Gasteiger partial charge in [0.2, 0.25) is 15.4 Å². The van der Waals surface area contributed by atoms with Crippen molar-refractivity contribution >= 4 is 38.4 Å². The maximum atomic E-state index is 12.1. The molecule has 1 aromatic heterocycles. The summed E-state index contributed by atoms with van der Waals surface area (Å²) in [6.07, 6.45) is 1.16. The van der Waals surface area contributed by atoms with Crippen molar-refractivity contribution < 1.29 is 23.1 Å². The zero-order valence-corrected chi connectivity index (χ0v) is 12.7. The topological polar surface area (TPSA) is 138 Å². The second-order valence-electron chi connectivity index (χ2n) is 4.72. The third-order valence-corrected chi connectivity index (χ3v) is 5.75.